The molecule has 1 unspecified atom stereocenters. The van der Waals surface area contributed by atoms with Crippen molar-refractivity contribution < 1.29 is 9.32 Å². The lowest BCUT2D eigenvalue weighted by Gasteiger charge is -2.13. The van der Waals surface area contributed by atoms with Gasteiger partial charge in [-0.1, -0.05) is 30.3 Å². The molecule has 138 valence electrons. The van der Waals surface area contributed by atoms with Crippen LogP contribution < -0.4 is 16.0 Å². The quantitative estimate of drug-likeness (QED) is 0.611. The minimum Gasteiger partial charge on any atom is -0.345 e. The van der Waals surface area contributed by atoms with E-state index in [9.17, 15) is 4.79 Å². The number of hydrogen-bond donors (Lipinski definition) is 3. The first-order valence-corrected chi connectivity index (χ1v) is 9.00. The zero-order chi connectivity index (χ0) is 18.6. The van der Waals surface area contributed by atoms with E-state index in [-0.39, 0.29) is 12.1 Å². The minimum absolute atomic E-state index is 0.0134. The van der Waals surface area contributed by atoms with E-state index < -0.39 is 0 Å². The molecule has 7 nitrogen and oxygen atoms in total. The molecule has 0 saturated heterocycles. The van der Waals surface area contributed by atoms with Crippen molar-refractivity contribution in [3.63, 3.8) is 0 Å². The first kappa shape index (κ1) is 17.1. The summed E-state index contributed by atoms with van der Waals surface area (Å²) in [5, 5.41) is 13.0. The standard InChI is InChI=1S/C20H21N5O2/c1-13(21-19-24-18(27-25-19)15-5-3-2-4-6-15)14-7-9-16(10-8-14)22-20(26)23-17-11-12-17/h2-10,13,17H,11-12H2,1H3,(H,21,25)(H2,22,23,26). The molecular weight excluding hydrogens is 342 g/mol. The van der Waals surface area contributed by atoms with Crippen LogP contribution in [0.5, 0.6) is 0 Å². The third-order valence-corrected chi connectivity index (χ3v) is 4.37. The largest absolute Gasteiger partial charge is 0.345 e. The van der Waals surface area contributed by atoms with Gasteiger partial charge in [-0.3, -0.25) is 0 Å². The van der Waals surface area contributed by atoms with Crippen LogP contribution >= 0.6 is 0 Å². The van der Waals surface area contributed by atoms with Crippen LogP contribution in [0.15, 0.2) is 59.1 Å². The Morgan fingerprint density at radius 1 is 1.11 bits per heavy atom. The van der Waals surface area contributed by atoms with Gasteiger partial charge < -0.3 is 20.5 Å². The van der Waals surface area contributed by atoms with Gasteiger partial charge in [0, 0.05) is 17.3 Å². The molecule has 1 aliphatic carbocycles. The highest BCUT2D eigenvalue weighted by atomic mass is 16.5. The maximum Gasteiger partial charge on any atom is 0.319 e. The summed E-state index contributed by atoms with van der Waals surface area (Å²) in [4.78, 5) is 16.2. The van der Waals surface area contributed by atoms with Crippen LogP contribution in [-0.4, -0.2) is 22.2 Å². The highest BCUT2D eigenvalue weighted by Crippen LogP contribution is 2.23. The first-order chi connectivity index (χ1) is 13.2. The minimum atomic E-state index is -0.156. The molecule has 1 aliphatic rings. The van der Waals surface area contributed by atoms with Gasteiger partial charge in [0.2, 0.25) is 0 Å². The van der Waals surface area contributed by atoms with Crippen molar-refractivity contribution in [2.24, 2.45) is 0 Å². The number of nitrogens with one attached hydrogen (secondary N) is 3. The number of benzene rings is 2. The number of carbonyl (C=O) groups excluding carboxylic acids is 1. The Bertz CT molecular complexity index is 904. The van der Waals surface area contributed by atoms with Gasteiger partial charge in [0.15, 0.2) is 0 Å². The number of hydrogen-bond acceptors (Lipinski definition) is 5. The fraction of sp³-hybridized carbons (Fsp3) is 0.250. The second kappa shape index (κ2) is 7.49. The third-order valence-electron chi connectivity index (χ3n) is 4.37. The van der Waals surface area contributed by atoms with Gasteiger partial charge >= 0.3 is 6.03 Å². The number of urea groups is 1. The molecule has 3 aromatic rings. The van der Waals surface area contributed by atoms with Crippen molar-refractivity contribution in [1.82, 2.24) is 15.5 Å². The van der Waals surface area contributed by atoms with Gasteiger partial charge in [-0.25, -0.2) is 4.79 Å². The van der Waals surface area contributed by atoms with E-state index in [0.717, 1.165) is 29.7 Å². The molecule has 27 heavy (non-hydrogen) atoms. The van der Waals surface area contributed by atoms with E-state index in [4.69, 9.17) is 4.52 Å². The van der Waals surface area contributed by atoms with Gasteiger partial charge in [-0.05, 0) is 54.8 Å². The smallest absolute Gasteiger partial charge is 0.319 e. The molecule has 1 aromatic heterocycles. The van der Waals surface area contributed by atoms with E-state index >= 15 is 0 Å². The maximum atomic E-state index is 11.8. The lowest BCUT2D eigenvalue weighted by atomic mass is 10.1. The van der Waals surface area contributed by atoms with Crippen LogP contribution in [0, 0.1) is 0 Å². The Kier molecular flexibility index (Phi) is 4.74. The summed E-state index contributed by atoms with van der Waals surface area (Å²) < 4.78 is 5.31. The third kappa shape index (κ3) is 4.44. The van der Waals surface area contributed by atoms with E-state index in [2.05, 4.69) is 26.1 Å². The molecule has 7 heteroatoms. The fourth-order valence-corrected chi connectivity index (χ4v) is 2.69. The van der Waals surface area contributed by atoms with Crippen LogP contribution in [0.3, 0.4) is 0 Å². The second-order valence-corrected chi connectivity index (χ2v) is 6.65. The molecule has 0 spiro atoms. The Balaban J connectivity index is 1.36. The average molecular weight is 363 g/mol. The zero-order valence-electron chi connectivity index (χ0n) is 15.0. The van der Waals surface area contributed by atoms with Crippen LogP contribution in [0.25, 0.3) is 11.5 Å². The number of anilines is 2. The van der Waals surface area contributed by atoms with Gasteiger partial charge in [-0.15, -0.1) is 0 Å². The summed E-state index contributed by atoms with van der Waals surface area (Å²) in [5.41, 5.74) is 2.69. The molecule has 1 fully saturated rings. The Labute approximate surface area is 157 Å². The second-order valence-electron chi connectivity index (χ2n) is 6.65. The zero-order valence-corrected chi connectivity index (χ0v) is 15.0. The molecular formula is C20H21N5O2. The molecule has 0 radical (unpaired) electrons. The van der Waals surface area contributed by atoms with Gasteiger partial charge in [0.05, 0.1) is 6.04 Å². The van der Waals surface area contributed by atoms with Crippen molar-refractivity contribution >= 4 is 17.7 Å². The van der Waals surface area contributed by atoms with Crippen molar-refractivity contribution in [3.8, 4) is 11.5 Å². The molecule has 1 atom stereocenters. The average Bonchev–Trinajstić information content (AvgIpc) is 3.37. The maximum absolute atomic E-state index is 11.8. The summed E-state index contributed by atoms with van der Waals surface area (Å²) in [7, 11) is 0. The van der Waals surface area contributed by atoms with E-state index in [0.29, 0.717) is 17.9 Å². The molecule has 0 aliphatic heterocycles. The van der Waals surface area contributed by atoms with E-state index in [1.807, 2.05) is 61.5 Å². The molecule has 0 bridgehead atoms. The van der Waals surface area contributed by atoms with Crippen molar-refractivity contribution in [3.05, 3.63) is 60.2 Å². The van der Waals surface area contributed by atoms with Crippen molar-refractivity contribution in [1.29, 1.82) is 0 Å². The first-order valence-electron chi connectivity index (χ1n) is 9.00. The topological polar surface area (TPSA) is 92.1 Å². The predicted octanol–water partition coefficient (Wildman–Crippen LogP) is 4.19. The Morgan fingerprint density at radius 3 is 2.56 bits per heavy atom. The highest BCUT2D eigenvalue weighted by Gasteiger charge is 2.23. The molecule has 4 rings (SSSR count). The molecule has 1 heterocycles. The van der Waals surface area contributed by atoms with Crippen LogP contribution in [-0.2, 0) is 0 Å². The summed E-state index contributed by atoms with van der Waals surface area (Å²) in [6, 6.07) is 17.5. The number of aromatic nitrogens is 2. The van der Waals surface area contributed by atoms with E-state index in [1.54, 1.807) is 0 Å². The highest BCUT2D eigenvalue weighted by molar-refractivity contribution is 5.89. The summed E-state index contributed by atoms with van der Waals surface area (Å²) in [5.74, 6) is 0.916. The van der Waals surface area contributed by atoms with Crippen molar-refractivity contribution in [2.75, 3.05) is 10.6 Å². The fourth-order valence-electron chi connectivity index (χ4n) is 2.69. The van der Waals surface area contributed by atoms with Gasteiger partial charge in [-0.2, -0.15) is 4.98 Å². The molecule has 3 N–H and O–H groups in total. The number of rotatable bonds is 6. The summed E-state index contributed by atoms with van der Waals surface area (Å²) >= 11 is 0. The summed E-state index contributed by atoms with van der Waals surface area (Å²) in [6.07, 6.45) is 2.13. The molecule has 2 amide bonds. The van der Waals surface area contributed by atoms with Gasteiger partial charge in [0.25, 0.3) is 11.8 Å². The predicted molar refractivity (Wildman–Crippen MR) is 103 cm³/mol. The lowest BCUT2D eigenvalue weighted by Crippen LogP contribution is -2.30. The number of amides is 2. The van der Waals surface area contributed by atoms with E-state index in [1.165, 1.54) is 0 Å². The normalized spacial score (nSPS) is 14.4. The SMILES string of the molecule is CC(Nc1noc(-c2ccccc2)n1)c1ccc(NC(=O)NC2CC2)cc1. The summed E-state index contributed by atoms with van der Waals surface area (Å²) in [6.45, 7) is 2.01. The molecule has 2 aromatic carbocycles. The van der Waals surface area contributed by atoms with Gasteiger partial charge in [0.1, 0.15) is 0 Å². The van der Waals surface area contributed by atoms with Crippen LogP contribution in [0.1, 0.15) is 31.4 Å². The molecule has 1 saturated carbocycles. The van der Waals surface area contributed by atoms with Crippen LogP contribution in [0.4, 0.5) is 16.4 Å². The number of carbonyl (C=O) groups is 1. The monoisotopic (exact) mass is 363 g/mol. The Hall–Kier alpha value is -3.35. The number of nitrogens with zero attached hydrogens (tertiary/aromatic N) is 2. The van der Waals surface area contributed by atoms with Crippen molar-refractivity contribution in [2.45, 2.75) is 31.8 Å². The lowest BCUT2D eigenvalue weighted by molar-refractivity contribution is 0.251. The Morgan fingerprint density at radius 2 is 1.85 bits per heavy atom. The van der Waals surface area contributed by atoms with Crippen LogP contribution in [0.2, 0.25) is 0 Å².